The van der Waals surface area contributed by atoms with E-state index in [0.29, 0.717) is 12.3 Å². The molecule has 0 aromatic heterocycles. The predicted molar refractivity (Wildman–Crippen MR) is 58.1 cm³/mol. The fourth-order valence-electron chi connectivity index (χ4n) is 1.84. The molecule has 0 spiro atoms. The molecule has 82 valence electrons. The Kier molecular flexibility index (Phi) is 3.93. The summed E-state index contributed by atoms with van der Waals surface area (Å²) in [4.78, 5) is 11.4. The van der Waals surface area contributed by atoms with Gasteiger partial charge in [0.15, 0.2) is 0 Å². The number of carbonyl (C=O) groups excluding carboxylic acids is 1. The molecular formula is C11H22N2O. The van der Waals surface area contributed by atoms with Crippen molar-refractivity contribution in [3.05, 3.63) is 0 Å². The minimum Gasteiger partial charge on any atom is -0.354 e. The van der Waals surface area contributed by atoms with E-state index in [4.69, 9.17) is 0 Å². The second-order valence-corrected chi connectivity index (χ2v) is 4.97. The molecule has 1 atom stereocenters. The van der Waals surface area contributed by atoms with E-state index in [1.165, 1.54) is 6.42 Å². The minimum absolute atomic E-state index is 0.132. The van der Waals surface area contributed by atoms with Crippen LogP contribution in [0.5, 0.6) is 0 Å². The van der Waals surface area contributed by atoms with Crippen LogP contribution in [-0.2, 0) is 4.79 Å². The maximum absolute atomic E-state index is 11.4. The first-order valence-corrected chi connectivity index (χ1v) is 5.53. The first kappa shape index (κ1) is 11.5. The van der Waals surface area contributed by atoms with E-state index in [1.807, 2.05) is 0 Å². The largest absolute Gasteiger partial charge is 0.354 e. The maximum atomic E-state index is 11.4. The zero-order chi connectivity index (χ0) is 10.6. The first-order chi connectivity index (χ1) is 6.52. The van der Waals surface area contributed by atoms with E-state index in [9.17, 15) is 4.79 Å². The van der Waals surface area contributed by atoms with Crippen LogP contribution in [0.4, 0.5) is 0 Å². The Bertz CT molecular complexity index is 195. The molecule has 0 radical (unpaired) electrons. The summed E-state index contributed by atoms with van der Waals surface area (Å²) in [6.07, 6.45) is 3.02. The molecule has 0 aliphatic carbocycles. The van der Waals surface area contributed by atoms with Crippen molar-refractivity contribution in [1.29, 1.82) is 0 Å². The fourth-order valence-corrected chi connectivity index (χ4v) is 1.84. The van der Waals surface area contributed by atoms with Gasteiger partial charge in [-0.05, 0) is 32.2 Å². The van der Waals surface area contributed by atoms with Crippen molar-refractivity contribution in [2.75, 3.05) is 13.1 Å². The normalized spacial score (nSPS) is 26.9. The fraction of sp³-hybridized carbons (Fsp3) is 0.909. The molecule has 1 unspecified atom stereocenters. The van der Waals surface area contributed by atoms with Crippen molar-refractivity contribution in [2.24, 2.45) is 5.92 Å². The number of hydrogen-bond acceptors (Lipinski definition) is 2. The molecule has 1 amide bonds. The van der Waals surface area contributed by atoms with Gasteiger partial charge in [0.25, 0.3) is 0 Å². The van der Waals surface area contributed by atoms with Crippen LogP contribution >= 0.6 is 0 Å². The Morgan fingerprint density at radius 2 is 2.29 bits per heavy atom. The highest BCUT2D eigenvalue weighted by Crippen LogP contribution is 2.17. The third kappa shape index (κ3) is 3.66. The third-order valence-electron chi connectivity index (χ3n) is 2.73. The summed E-state index contributed by atoms with van der Waals surface area (Å²) in [6.45, 7) is 8.15. The molecular weight excluding hydrogens is 176 g/mol. The monoisotopic (exact) mass is 198 g/mol. The van der Waals surface area contributed by atoms with Crippen molar-refractivity contribution in [3.8, 4) is 0 Å². The summed E-state index contributed by atoms with van der Waals surface area (Å²) in [6, 6.07) is 0. The summed E-state index contributed by atoms with van der Waals surface area (Å²) >= 11 is 0. The van der Waals surface area contributed by atoms with Crippen LogP contribution in [0.1, 0.15) is 40.0 Å². The quantitative estimate of drug-likeness (QED) is 0.714. The molecule has 0 bridgehead atoms. The molecule has 1 fully saturated rings. The molecule has 1 aliphatic heterocycles. The SMILES string of the molecule is CC(C)CC(=O)NCC1(C)CCCN1. The Morgan fingerprint density at radius 3 is 2.79 bits per heavy atom. The van der Waals surface area contributed by atoms with Crippen LogP contribution in [-0.4, -0.2) is 24.5 Å². The number of rotatable bonds is 4. The maximum Gasteiger partial charge on any atom is 0.220 e. The second-order valence-electron chi connectivity index (χ2n) is 4.97. The highest BCUT2D eigenvalue weighted by atomic mass is 16.1. The topological polar surface area (TPSA) is 41.1 Å². The lowest BCUT2D eigenvalue weighted by Crippen LogP contribution is -2.47. The first-order valence-electron chi connectivity index (χ1n) is 5.53. The van der Waals surface area contributed by atoms with Gasteiger partial charge in [0, 0.05) is 18.5 Å². The van der Waals surface area contributed by atoms with Gasteiger partial charge in [-0.15, -0.1) is 0 Å². The molecule has 0 aromatic rings. The van der Waals surface area contributed by atoms with Gasteiger partial charge >= 0.3 is 0 Å². The molecule has 3 heteroatoms. The third-order valence-corrected chi connectivity index (χ3v) is 2.73. The molecule has 2 N–H and O–H groups in total. The predicted octanol–water partition coefficient (Wildman–Crippen LogP) is 1.29. The highest BCUT2D eigenvalue weighted by molar-refractivity contribution is 5.76. The van der Waals surface area contributed by atoms with E-state index < -0.39 is 0 Å². The second kappa shape index (κ2) is 4.78. The van der Waals surface area contributed by atoms with Crippen LogP contribution in [0.3, 0.4) is 0 Å². The molecule has 1 aliphatic rings. The van der Waals surface area contributed by atoms with Gasteiger partial charge in [0.2, 0.25) is 5.91 Å². The zero-order valence-electron chi connectivity index (χ0n) is 9.52. The number of amides is 1. The molecule has 1 heterocycles. The average molecular weight is 198 g/mol. The van der Waals surface area contributed by atoms with Gasteiger partial charge in [-0.3, -0.25) is 4.79 Å². The number of nitrogens with one attached hydrogen (secondary N) is 2. The van der Waals surface area contributed by atoms with Crippen LogP contribution in [0.2, 0.25) is 0 Å². The summed E-state index contributed by atoms with van der Waals surface area (Å²) < 4.78 is 0. The van der Waals surface area contributed by atoms with Gasteiger partial charge in [0.1, 0.15) is 0 Å². The molecule has 0 saturated carbocycles. The van der Waals surface area contributed by atoms with Crippen LogP contribution in [0, 0.1) is 5.92 Å². The van der Waals surface area contributed by atoms with Crippen LogP contribution < -0.4 is 10.6 Å². The lowest BCUT2D eigenvalue weighted by Gasteiger charge is -2.24. The Hall–Kier alpha value is -0.570. The van der Waals surface area contributed by atoms with E-state index in [1.54, 1.807) is 0 Å². The van der Waals surface area contributed by atoms with Crippen molar-refractivity contribution >= 4 is 5.91 Å². The van der Waals surface area contributed by atoms with Gasteiger partial charge < -0.3 is 10.6 Å². The lowest BCUT2D eigenvalue weighted by atomic mass is 10.0. The van der Waals surface area contributed by atoms with E-state index in [0.717, 1.165) is 19.5 Å². The summed E-state index contributed by atoms with van der Waals surface area (Å²) in [7, 11) is 0. The Balaban J connectivity index is 2.22. The van der Waals surface area contributed by atoms with Crippen molar-refractivity contribution in [2.45, 2.75) is 45.6 Å². The summed E-state index contributed by atoms with van der Waals surface area (Å²) in [5.74, 6) is 0.620. The molecule has 14 heavy (non-hydrogen) atoms. The molecule has 0 aromatic carbocycles. The van der Waals surface area contributed by atoms with Gasteiger partial charge in [0.05, 0.1) is 0 Å². The van der Waals surface area contributed by atoms with Crippen LogP contribution in [0.25, 0.3) is 0 Å². The van der Waals surface area contributed by atoms with Gasteiger partial charge in [-0.2, -0.15) is 0 Å². The Morgan fingerprint density at radius 1 is 1.57 bits per heavy atom. The van der Waals surface area contributed by atoms with Crippen molar-refractivity contribution < 1.29 is 4.79 Å². The standard InChI is InChI=1S/C11H22N2O/c1-9(2)7-10(14)12-8-11(3)5-4-6-13-11/h9,13H,4-8H2,1-3H3,(H,12,14). The van der Waals surface area contributed by atoms with E-state index >= 15 is 0 Å². The highest BCUT2D eigenvalue weighted by Gasteiger charge is 2.28. The average Bonchev–Trinajstić information content (AvgIpc) is 2.49. The molecule has 1 rings (SSSR count). The lowest BCUT2D eigenvalue weighted by molar-refractivity contribution is -0.122. The van der Waals surface area contributed by atoms with E-state index in [-0.39, 0.29) is 11.4 Å². The smallest absolute Gasteiger partial charge is 0.220 e. The number of carbonyl (C=O) groups is 1. The van der Waals surface area contributed by atoms with Gasteiger partial charge in [-0.25, -0.2) is 0 Å². The van der Waals surface area contributed by atoms with E-state index in [2.05, 4.69) is 31.4 Å². The van der Waals surface area contributed by atoms with Gasteiger partial charge in [-0.1, -0.05) is 13.8 Å². The number of hydrogen-bond donors (Lipinski definition) is 2. The molecule has 1 saturated heterocycles. The van der Waals surface area contributed by atoms with Crippen molar-refractivity contribution in [3.63, 3.8) is 0 Å². The molecule has 3 nitrogen and oxygen atoms in total. The summed E-state index contributed by atoms with van der Waals surface area (Å²) in [5, 5.41) is 6.42. The van der Waals surface area contributed by atoms with Crippen LogP contribution in [0.15, 0.2) is 0 Å². The minimum atomic E-state index is 0.132. The van der Waals surface area contributed by atoms with Crippen molar-refractivity contribution in [1.82, 2.24) is 10.6 Å². The summed E-state index contributed by atoms with van der Waals surface area (Å²) in [5.41, 5.74) is 0.132. The Labute approximate surface area is 86.6 Å². The zero-order valence-corrected chi connectivity index (χ0v) is 9.52.